The van der Waals surface area contributed by atoms with Gasteiger partial charge in [0.2, 0.25) is 5.91 Å². The van der Waals surface area contributed by atoms with Gasteiger partial charge < -0.3 is 9.74 Å². The van der Waals surface area contributed by atoms with Gasteiger partial charge in [-0.2, -0.15) is 5.10 Å². The van der Waals surface area contributed by atoms with E-state index in [9.17, 15) is 13.2 Å². The van der Waals surface area contributed by atoms with E-state index in [1.807, 2.05) is 12.3 Å². The smallest absolute Gasteiger partial charge is 0.233 e. The van der Waals surface area contributed by atoms with Crippen LogP contribution in [0.3, 0.4) is 0 Å². The Morgan fingerprint density at radius 3 is 2.37 bits per heavy atom. The van der Waals surface area contributed by atoms with Gasteiger partial charge in [-0.15, -0.1) is 0 Å². The van der Waals surface area contributed by atoms with Crippen LogP contribution >= 0.6 is 0 Å². The number of aromatic nitrogens is 2. The Hall–Kier alpha value is -1.97. The molecule has 0 radical (unpaired) electrons. The van der Waals surface area contributed by atoms with Crippen molar-refractivity contribution in [1.29, 1.82) is 0 Å². The predicted molar refractivity (Wildman–Crippen MR) is 143 cm³/mol. The van der Waals surface area contributed by atoms with E-state index in [-0.39, 0.29) is 21.8 Å². The second kappa shape index (κ2) is 11.0. The third-order valence-electron chi connectivity index (χ3n) is 7.55. The Bertz CT molecular complexity index is 1100. The molecule has 1 aromatic carbocycles. The molecule has 194 valence electrons. The molecule has 3 rings (SSSR count). The van der Waals surface area contributed by atoms with Gasteiger partial charge in [-0.1, -0.05) is 58.6 Å². The van der Waals surface area contributed by atoms with Crippen molar-refractivity contribution in [1.82, 2.24) is 9.78 Å². The highest BCUT2D eigenvalue weighted by Gasteiger charge is 2.37. The van der Waals surface area contributed by atoms with Crippen LogP contribution in [0, 0.1) is 5.92 Å². The predicted octanol–water partition coefficient (Wildman–Crippen LogP) is 5.61. The van der Waals surface area contributed by atoms with Gasteiger partial charge in [0.05, 0.1) is 24.0 Å². The molecule has 0 spiro atoms. The van der Waals surface area contributed by atoms with Crippen LogP contribution in [0.5, 0.6) is 0 Å². The molecule has 0 saturated heterocycles. The number of sulfone groups is 1. The average Bonchev–Trinajstić information content (AvgIpc) is 3.42. The lowest BCUT2D eigenvalue weighted by molar-refractivity contribution is -0.118. The molecule has 1 N–H and O–H groups in total. The Morgan fingerprint density at radius 2 is 1.80 bits per heavy atom. The lowest BCUT2D eigenvalue weighted by Gasteiger charge is -2.36. The summed E-state index contributed by atoms with van der Waals surface area (Å²) >= 11 is 0. The van der Waals surface area contributed by atoms with Gasteiger partial charge in [-0.05, 0) is 48.2 Å². The van der Waals surface area contributed by atoms with Crippen LogP contribution in [-0.2, 0) is 25.6 Å². The Balaban J connectivity index is 1.67. The largest absolute Gasteiger partial charge is 0.415 e. The molecular formula is C26H41N3O4SSi. The SMILES string of the molecule is CC(C)(C)[Si](C)(C)OCCn1ccc(NC(=O)[C@H](CC2CCCC2)c2ccc(S(C)(=O)=O)cc2)n1. The van der Waals surface area contributed by atoms with E-state index in [0.29, 0.717) is 24.9 Å². The number of nitrogens with zero attached hydrogens (tertiary/aromatic N) is 2. The summed E-state index contributed by atoms with van der Waals surface area (Å²) in [5.41, 5.74) is 0.837. The number of hydrogen-bond acceptors (Lipinski definition) is 5. The molecule has 1 aliphatic rings. The summed E-state index contributed by atoms with van der Waals surface area (Å²) < 4.78 is 31.7. The topological polar surface area (TPSA) is 90.3 Å². The van der Waals surface area contributed by atoms with Crippen molar-refractivity contribution in [3.8, 4) is 0 Å². The molecule has 1 aliphatic carbocycles. The molecule has 1 amide bonds. The lowest BCUT2D eigenvalue weighted by Crippen LogP contribution is -2.41. The highest BCUT2D eigenvalue weighted by atomic mass is 32.2. The molecule has 0 aliphatic heterocycles. The maximum absolute atomic E-state index is 13.4. The number of amides is 1. The molecule has 1 fully saturated rings. The zero-order valence-corrected chi connectivity index (χ0v) is 23.8. The van der Waals surface area contributed by atoms with E-state index in [1.54, 1.807) is 28.9 Å². The van der Waals surface area contributed by atoms with Gasteiger partial charge in [-0.25, -0.2) is 8.42 Å². The molecule has 1 saturated carbocycles. The summed E-state index contributed by atoms with van der Waals surface area (Å²) in [7, 11) is -5.09. The highest BCUT2D eigenvalue weighted by Crippen LogP contribution is 2.37. The molecule has 0 bridgehead atoms. The number of nitrogens with one attached hydrogen (secondary N) is 1. The second-order valence-electron chi connectivity index (χ2n) is 11.3. The van der Waals surface area contributed by atoms with Crippen molar-refractivity contribution in [3.05, 3.63) is 42.1 Å². The summed E-state index contributed by atoms with van der Waals surface area (Å²) in [6, 6.07) is 8.54. The van der Waals surface area contributed by atoms with Crippen molar-refractivity contribution in [2.24, 2.45) is 5.92 Å². The quantitative estimate of drug-likeness (QED) is 0.412. The maximum Gasteiger partial charge on any atom is 0.233 e. The van der Waals surface area contributed by atoms with Crippen molar-refractivity contribution in [2.75, 3.05) is 18.2 Å². The van der Waals surface area contributed by atoms with Gasteiger partial charge in [0.1, 0.15) is 0 Å². The zero-order valence-electron chi connectivity index (χ0n) is 22.0. The van der Waals surface area contributed by atoms with Gasteiger partial charge in [0.15, 0.2) is 24.0 Å². The first kappa shape index (κ1) is 27.6. The van der Waals surface area contributed by atoms with Crippen LogP contribution in [0.1, 0.15) is 64.4 Å². The van der Waals surface area contributed by atoms with Crippen molar-refractivity contribution >= 4 is 29.9 Å². The van der Waals surface area contributed by atoms with Crippen LogP contribution in [0.2, 0.25) is 18.1 Å². The number of carbonyl (C=O) groups excluding carboxylic acids is 1. The first-order valence-corrected chi connectivity index (χ1v) is 17.3. The number of rotatable bonds is 10. The van der Waals surface area contributed by atoms with E-state index < -0.39 is 18.2 Å². The minimum atomic E-state index is -3.28. The third-order valence-corrected chi connectivity index (χ3v) is 13.2. The second-order valence-corrected chi connectivity index (χ2v) is 18.2. The molecule has 0 unspecified atom stereocenters. The lowest BCUT2D eigenvalue weighted by atomic mass is 9.87. The summed E-state index contributed by atoms with van der Waals surface area (Å²) in [4.78, 5) is 13.6. The fourth-order valence-corrected chi connectivity index (χ4v) is 5.96. The van der Waals surface area contributed by atoms with Gasteiger partial charge in [-0.3, -0.25) is 9.48 Å². The molecular weight excluding hydrogens is 478 g/mol. The summed E-state index contributed by atoms with van der Waals surface area (Å²) in [6.07, 6.45) is 8.48. The molecule has 35 heavy (non-hydrogen) atoms. The van der Waals surface area contributed by atoms with E-state index in [0.717, 1.165) is 24.8 Å². The fraction of sp³-hybridized carbons (Fsp3) is 0.615. The summed E-state index contributed by atoms with van der Waals surface area (Å²) in [6.45, 7) is 12.3. The van der Waals surface area contributed by atoms with Gasteiger partial charge in [0, 0.05) is 18.5 Å². The summed E-state index contributed by atoms with van der Waals surface area (Å²) in [5.74, 6) is 0.572. The van der Waals surface area contributed by atoms with Crippen molar-refractivity contribution in [2.45, 2.75) is 88.4 Å². The van der Waals surface area contributed by atoms with Crippen molar-refractivity contribution < 1.29 is 17.6 Å². The van der Waals surface area contributed by atoms with E-state index >= 15 is 0 Å². The van der Waals surface area contributed by atoms with Crippen LogP contribution in [0.15, 0.2) is 41.4 Å². The van der Waals surface area contributed by atoms with Crippen LogP contribution < -0.4 is 5.32 Å². The maximum atomic E-state index is 13.4. The normalized spacial score (nSPS) is 16.4. The zero-order chi connectivity index (χ0) is 25.9. The Morgan fingerprint density at radius 1 is 1.17 bits per heavy atom. The highest BCUT2D eigenvalue weighted by molar-refractivity contribution is 7.90. The van der Waals surface area contributed by atoms with Gasteiger partial charge >= 0.3 is 0 Å². The molecule has 1 aromatic heterocycles. The van der Waals surface area contributed by atoms with Gasteiger partial charge in [0.25, 0.3) is 0 Å². The number of anilines is 1. The van der Waals surface area contributed by atoms with E-state index in [4.69, 9.17) is 4.43 Å². The molecule has 7 nitrogen and oxygen atoms in total. The van der Waals surface area contributed by atoms with E-state index in [1.165, 1.54) is 19.1 Å². The minimum absolute atomic E-state index is 0.105. The van der Waals surface area contributed by atoms with Crippen LogP contribution in [0.25, 0.3) is 0 Å². The fourth-order valence-electron chi connectivity index (χ4n) is 4.30. The van der Waals surface area contributed by atoms with Crippen molar-refractivity contribution in [3.63, 3.8) is 0 Å². The first-order chi connectivity index (χ1) is 16.3. The first-order valence-electron chi connectivity index (χ1n) is 12.5. The Kier molecular flexibility index (Phi) is 8.65. The molecule has 9 heteroatoms. The minimum Gasteiger partial charge on any atom is -0.415 e. The number of carbonyl (C=O) groups is 1. The summed E-state index contributed by atoms with van der Waals surface area (Å²) in [5, 5.41) is 7.67. The van der Waals surface area contributed by atoms with Crippen LogP contribution in [-0.4, -0.2) is 45.3 Å². The average molecular weight is 520 g/mol. The number of hydrogen-bond donors (Lipinski definition) is 1. The number of benzene rings is 1. The Labute approximate surface area is 211 Å². The van der Waals surface area contributed by atoms with E-state index in [2.05, 4.69) is 44.3 Å². The van der Waals surface area contributed by atoms with Crippen LogP contribution in [0.4, 0.5) is 5.82 Å². The molecule has 1 atom stereocenters. The molecule has 2 aromatic rings. The monoisotopic (exact) mass is 519 g/mol. The standard InChI is InChI=1S/C26H41N3O4SSi/c1-26(2,3)35(5,6)33-18-17-29-16-15-24(28-29)27-25(30)23(19-20-9-7-8-10-20)21-11-13-22(14-12-21)34(4,31)32/h11-16,20,23H,7-10,17-19H2,1-6H3,(H,27,28,30)/t23-/m1/s1. The third kappa shape index (κ3) is 7.51. The molecule has 1 heterocycles.